The van der Waals surface area contributed by atoms with Gasteiger partial charge < -0.3 is 20.8 Å². The number of ether oxygens (including phenoxy) is 1. The molecule has 0 aromatic carbocycles. The average Bonchev–Trinajstić information content (AvgIpc) is 2.39. The zero-order chi connectivity index (χ0) is 14.3. The molecule has 106 valence electrons. The first kappa shape index (κ1) is 15.1. The van der Waals surface area contributed by atoms with Gasteiger partial charge in [-0.3, -0.25) is 4.79 Å². The number of nitrogens with two attached hydrogens (primary N) is 1. The van der Waals surface area contributed by atoms with Crippen LogP contribution in [0.15, 0.2) is 6.07 Å². The number of nitrogens with zero attached hydrogens (tertiary/aromatic N) is 2. The molecular formula is C11H20N6O2. The van der Waals surface area contributed by atoms with Crippen LogP contribution in [0.1, 0.15) is 19.7 Å². The average molecular weight is 268 g/mol. The van der Waals surface area contributed by atoms with Crippen molar-refractivity contribution in [2.45, 2.75) is 26.5 Å². The van der Waals surface area contributed by atoms with Gasteiger partial charge in [0, 0.05) is 19.7 Å². The number of hydrogen-bond acceptors (Lipinski definition) is 7. The van der Waals surface area contributed by atoms with E-state index in [-0.39, 0.29) is 12.5 Å². The number of likely N-dealkylation sites (N-methyl/N-ethyl adjacent to an activating group) is 1. The van der Waals surface area contributed by atoms with Gasteiger partial charge in [0.15, 0.2) is 5.82 Å². The molecule has 8 heteroatoms. The number of rotatable bonds is 7. The third-order valence-electron chi connectivity index (χ3n) is 2.30. The SMILES string of the molecule is CCNC(=O)C(C)Nc1cc(NN)nc(COC)n1. The predicted octanol–water partition coefficient (Wildman–Crippen LogP) is -0.155. The largest absolute Gasteiger partial charge is 0.377 e. The van der Waals surface area contributed by atoms with E-state index in [1.165, 1.54) is 0 Å². The Morgan fingerprint density at radius 2 is 2.16 bits per heavy atom. The topological polar surface area (TPSA) is 114 Å². The van der Waals surface area contributed by atoms with E-state index in [4.69, 9.17) is 10.6 Å². The third kappa shape index (κ3) is 4.68. The highest BCUT2D eigenvalue weighted by Crippen LogP contribution is 2.12. The zero-order valence-corrected chi connectivity index (χ0v) is 11.4. The van der Waals surface area contributed by atoms with Crippen LogP contribution in [0.25, 0.3) is 0 Å². The fourth-order valence-electron chi connectivity index (χ4n) is 1.45. The van der Waals surface area contributed by atoms with Crippen LogP contribution < -0.4 is 21.9 Å². The second-order valence-corrected chi connectivity index (χ2v) is 3.89. The number of hydrazine groups is 1. The molecule has 1 heterocycles. The summed E-state index contributed by atoms with van der Waals surface area (Å²) in [5.41, 5.74) is 2.45. The molecule has 0 spiro atoms. The number of carbonyl (C=O) groups excluding carboxylic acids is 1. The first-order valence-corrected chi connectivity index (χ1v) is 5.98. The van der Waals surface area contributed by atoms with Gasteiger partial charge in [-0.1, -0.05) is 0 Å². The third-order valence-corrected chi connectivity index (χ3v) is 2.30. The summed E-state index contributed by atoms with van der Waals surface area (Å²) in [5.74, 6) is 6.67. The lowest BCUT2D eigenvalue weighted by Gasteiger charge is -2.15. The molecule has 19 heavy (non-hydrogen) atoms. The van der Waals surface area contributed by atoms with Crippen molar-refractivity contribution < 1.29 is 9.53 Å². The number of aromatic nitrogens is 2. The van der Waals surface area contributed by atoms with E-state index in [9.17, 15) is 4.79 Å². The summed E-state index contributed by atoms with van der Waals surface area (Å²) in [7, 11) is 1.55. The Morgan fingerprint density at radius 3 is 2.74 bits per heavy atom. The van der Waals surface area contributed by atoms with Crippen molar-refractivity contribution in [2.24, 2.45) is 5.84 Å². The Hall–Kier alpha value is -1.93. The molecule has 0 saturated carbocycles. The van der Waals surface area contributed by atoms with Gasteiger partial charge in [-0.2, -0.15) is 0 Å². The van der Waals surface area contributed by atoms with Crippen LogP contribution in [-0.4, -0.2) is 35.6 Å². The highest BCUT2D eigenvalue weighted by Gasteiger charge is 2.13. The Balaban J connectivity index is 2.81. The van der Waals surface area contributed by atoms with Crippen LogP contribution in [0.4, 0.5) is 11.6 Å². The van der Waals surface area contributed by atoms with E-state index in [1.54, 1.807) is 20.1 Å². The molecule has 0 bridgehead atoms. The molecule has 1 aromatic heterocycles. The Kier molecular flexibility index (Phi) is 5.97. The molecule has 0 radical (unpaired) electrons. The minimum Gasteiger partial charge on any atom is -0.377 e. The molecule has 1 rings (SSSR count). The van der Waals surface area contributed by atoms with Crippen LogP contribution in [0.3, 0.4) is 0 Å². The second kappa shape index (κ2) is 7.49. The Morgan fingerprint density at radius 1 is 1.47 bits per heavy atom. The molecule has 8 nitrogen and oxygen atoms in total. The number of amides is 1. The van der Waals surface area contributed by atoms with E-state index in [2.05, 4.69) is 26.0 Å². The molecule has 1 amide bonds. The summed E-state index contributed by atoms with van der Waals surface area (Å²) in [6.45, 7) is 4.46. The van der Waals surface area contributed by atoms with Crippen molar-refractivity contribution in [2.75, 3.05) is 24.4 Å². The minimum atomic E-state index is -0.407. The first-order chi connectivity index (χ1) is 9.10. The molecule has 1 unspecified atom stereocenters. The molecule has 0 aliphatic rings. The smallest absolute Gasteiger partial charge is 0.242 e. The van der Waals surface area contributed by atoms with Gasteiger partial charge in [-0.15, -0.1) is 0 Å². The zero-order valence-electron chi connectivity index (χ0n) is 11.4. The lowest BCUT2D eigenvalue weighted by molar-refractivity contribution is -0.121. The van der Waals surface area contributed by atoms with Gasteiger partial charge in [-0.25, -0.2) is 15.8 Å². The highest BCUT2D eigenvalue weighted by atomic mass is 16.5. The summed E-state index contributed by atoms with van der Waals surface area (Å²) in [6.07, 6.45) is 0. The predicted molar refractivity (Wildman–Crippen MR) is 72.3 cm³/mol. The second-order valence-electron chi connectivity index (χ2n) is 3.89. The first-order valence-electron chi connectivity index (χ1n) is 5.98. The van der Waals surface area contributed by atoms with Crippen LogP contribution in [0.2, 0.25) is 0 Å². The van der Waals surface area contributed by atoms with Gasteiger partial charge in [0.05, 0.1) is 0 Å². The monoisotopic (exact) mass is 268 g/mol. The number of carbonyl (C=O) groups is 1. The molecule has 0 saturated heterocycles. The fourth-order valence-corrected chi connectivity index (χ4v) is 1.45. The van der Waals surface area contributed by atoms with Crippen molar-refractivity contribution in [3.63, 3.8) is 0 Å². The van der Waals surface area contributed by atoms with Crippen LogP contribution in [0, 0.1) is 0 Å². The number of hydrogen-bond donors (Lipinski definition) is 4. The van der Waals surface area contributed by atoms with E-state index >= 15 is 0 Å². The molecule has 0 fully saturated rings. The summed E-state index contributed by atoms with van der Waals surface area (Å²) < 4.78 is 4.97. The lowest BCUT2D eigenvalue weighted by Crippen LogP contribution is -2.37. The maximum atomic E-state index is 11.6. The van der Waals surface area contributed by atoms with E-state index in [1.807, 2.05) is 6.92 Å². The van der Waals surface area contributed by atoms with Crippen LogP contribution >= 0.6 is 0 Å². The Bertz CT molecular complexity index is 426. The molecule has 1 aromatic rings. The number of nitrogen functional groups attached to an aromatic ring is 1. The molecule has 1 atom stereocenters. The van der Waals surface area contributed by atoms with Crippen molar-refractivity contribution in [1.82, 2.24) is 15.3 Å². The molecule has 5 N–H and O–H groups in total. The summed E-state index contributed by atoms with van der Waals surface area (Å²) >= 11 is 0. The number of nitrogens with one attached hydrogen (secondary N) is 3. The maximum Gasteiger partial charge on any atom is 0.242 e. The molecular weight excluding hydrogens is 248 g/mol. The van der Waals surface area contributed by atoms with Crippen LogP contribution in [-0.2, 0) is 16.1 Å². The molecule has 0 aliphatic heterocycles. The van der Waals surface area contributed by atoms with E-state index in [0.29, 0.717) is 24.0 Å². The highest BCUT2D eigenvalue weighted by molar-refractivity contribution is 5.83. The quantitative estimate of drug-likeness (QED) is 0.401. The van der Waals surface area contributed by atoms with Gasteiger partial charge in [-0.05, 0) is 13.8 Å². The summed E-state index contributed by atoms with van der Waals surface area (Å²) in [6, 6.07) is 1.21. The van der Waals surface area contributed by atoms with Crippen molar-refractivity contribution in [3.8, 4) is 0 Å². The summed E-state index contributed by atoms with van der Waals surface area (Å²) in [4.78, 5) is 20.0. The minimum absolute atomic E-state index is 0.100. The van der Waals surface area contributed by atoms with E-state index < -0.39 is 6.04 Å². The van der Waals surface area contributed by atoms with Gasteiger partial charge in [0.1, 0.15) is 24.3 Å². The maximum absolute atomic E-state index is 11.6. The number of methoxy groups -OCH3 is 1. The van der Waals surface area contributed by atoms with E-state index in [0.717, 1.165) is 0 Å². The Labute approximate surface area is 112 Å². The summed E-state index contributed by atoms with van der Waals surface area (Å²) in [5, 5.41) is 5.71. The standard InChI is InChI=1S/C11H20N6O2/c1-4-13-11(18)7(2)14-8-5-9(17-12)16-10(15-8)6-19-3/h5,7H,4,6,12H2,1-3H3,(H,13,18)(H2,14,15,16,17). The lowest BCUT2D eigenvalue weighted by atomic mass is 10.3. The van der Waals surface area contributed by atoms with Crippen molar-refractivity contribution in [3.05, 3.63) is 11.9 Å². The fraction of sp³-hybridized carbons (Fsp3) is 0.545. The van der Waals surface area contributed by atoms with Crippen molar-refractivity contribution in [1.29, 1.82) is 0 Å². The molecule has 0 aliphatic carbocycles. The van der Waals surface area contributed by atoms with Gasteiger partial charge in [0.2, 0.25) is 5.91 Å². The van der Waals surface area contributed by atoms with Crippen LogP contribution in [0.5, 0.6) is 0 Å². The van der Waals surface area contributed by atoms with Gasteiger partial charge >= 0.3 is 0 Å². The van der Waals surface area contributed by atoms with Crippen molar-refractivity contribution >= 4 is 17.5 Å². The number of anilines is 2. The normalized spacial score (nSPS) is 11.8. The van der Waals surface area contributed by atoms with Gasteiger partial charge in [0.25, 0.3) is 0 Å².